The van der Waals surface area contributed by atoms with Crippen molar-refractivity contribution in [2.75, 3.05) is 0 Å². The normalized spacial score (nSPS) is 13.1. The number of aromatic nitrogens is 1. The van der Waals surface area contributed by atoms with E-state index in [-0.39, 0.29) is 9.75 Å². The fourth-order valence-electron chi connectivity index (χ4n) is 0.877. The lowest BCUT2D eigenvalue weighted by atomic mass is 9.89. The van der Waals surface area contributed by atoms with E-state index in [1.54, 1.807) is 6.20 Å². The molecule has 0 spiro atoms. The van der Waals surface area contributed by atoms with Crippen molar-refractivity contribution in [3.63, 3.8) is 0 Å². The summed E-state index contributed by atoms with van der Waals surface area (Å²) in [4.78, 5) is 4.76. The summed E-state index contributed by atoms with van der Waals surface area (Å²) in [6.07, 6.45) is 2.52. The van der Waals surface area contributed by atoms with Gasteiger partial charge < -0.3 is 0 Å². The number of nitrogens with zero attached hydrogens (tertiary/aromatic N) is 1. The van der Waals surface area contributed by atoms with Crippen molar-refractivity contribution in [1.29, 1.82) is 0 Å². The van der Waals surface area contributed by atoms with Crippen LogP contribution in [0.4, 0.5) is 0 Å². The molecule has 0 atom stereocenters. The molecule has 0 fully saturated rings. The topological polar surface area (TPSA) is 73.0 Å². The van der Waals surface area contributed by atoms with Crippen LogP contribution in [0.5, 0.6) is 0 Å². The number of hydrogen-bond acceptors (Lipinski definition) is 4. The SMILES string of the molecule is CCC(C)(C)c1cnc(S(N)(=O)=O)s1. The average Bonchev–Trinajstić information content (AvgIpc) is 2.51. The molecule has 6 heteroatoms. The molecule has 4 nitrogen and oxygen atoms in total. The molecule has 0 aromatic carbocycles. The van der Waals surface area contributed by atoms with Crippen molar-refractivity contribution in [1.82, 2.24) is 4.98 Å². The molecule has 0 saturated heterocycles. The molecule has 0 aliphatic heterocycles. The largest absolute Gasteiger partial charge is 0.265 e. The van der Waals surface area contributed by atoms with E-state index in [1.165, 1.54) is 0 Å². The van der Waals surface area contributed by atoms with Crippen molar-refractivity contribution < 1.29 is 8.42 Å². The molecular formula is C8H14N2O2S2. The van der Waals surface area contributed by atoms with Gasteiger partial charge in [0, 0.05) is 16.5 Å². The minimum atomic E-state index is -3.64. The van der Waals surface area contributed by atoms with Crippen molar-refractivity contribution in [3.05, 3.63) is 11.1 Å². The summed E-state index contributed by atoms with van der Waals surface area (Å²) in [6.45, 7) is 6.15. The summed E-state index contributed by atoms with van der Waals surface area (Å²) in [5.41, 5.74) is -0.0411. The Morgan fingerprint density at radius 1 is 1.57 bits per heavy atom. The monoisotopic (exact) mass is 234 g/mol. The van der Waals surface area contributed by atoms with Crippen molar-refractivity contribution in [2.24, 2.45) is 5.14 Å². The highest BCUT2D eigenvalue weighted by molar-refractivity contribution is 7.91. The van der Waals surface area contributed by atoms with Gasteiger partial charge in [0.05, 0.1) is 0 Å². The van der Waals surface area contributed by atoms with Crippen LogP contribution in [0.15, 0.2) is 10.5 Å². The third-order valence-corrected chi connectivity index (χ3v) is 4.98. The van der Waals surface area contributed by atoms with E-state index in [9.17, 15) is 8.42 Å². The van der Waals surface area contributed by atoms with E-state index in [2.05, 4.69) is 11.9 Å². The lowest BCUT2D eigenvalue weighted by Gasteiger charge is -2.19. The second-order valence-electron chi connectivity index (χ2n) is 3.77. The van der Waals surface area contributed by atoms with Gasteiger partial charge in [0.1, 0.15) is 0 Å². The van der Waals surface area contributed by atoms with Crippen LogP contribution in [-0.2, 0) is 15.4 Å². The zero-order valence-corrected chi connectivity index (χ0v) is 10.1. The molecular weight excluding hydrogens is 220 g/mol. The number of sulfonamides is 1. The Morgan fingerprint density at radius 2 is 2.14 bits per heavy atom. The number of nitrogens with two attached hydrogens (primary N) is 1. The second-order valence-corrected chi connectivity index (χ2v) is 6.54. The van der Waals surface area contributed by atoms with E-state index in [1.807, 2.05) is 13.8 Å². The molecule has 0 saturated carbocycles. The van der Waals surface area contributed by atoms with E-state index in [0.29, 0.717) is 0 Å². The van der Waals surface area contributed by atoms with Crippen molar-refractivity contribution in [2.45, 2.75) is 36.9 Å². The first kappa shape index (κ1) is 11.6. The molecule has 80 valence electrons. The van der Waals surface area contributed by atoms with Crippen LogP contribution in [-0.4, -0.2) is 13.4 Å². The van der Waals surface area contributed by atoms with Crippen molar-refractivity contribution >= 4 is 21.4 Å². The summed E-state index contributed by atoms with van der Waals surface area (Å²) < 4.78 is 22.0. The summed E-state index contributed by atoms with van der Waals surface area (Å²) in [7, 11) is -3.64. The first-order chi connectivity index (χ1) is 6.27. The third-order valence-electron chi connectivity index (χ3n) is 2.28. The molecule has 0 amide bonds. The van der Waals surface area contributed by atoms with Crippen molar-refractivity contribution in [3.8, 4) is 0 Å². The van der Waals surface area contributed by atoms with Gasteiger partial charge in [0.15, 0.2) is 0 Å². The van der Waals surface area contributed by atoms with E-state index < -0.39 is 10.0 Å². The molecule has 1 aromatic rings. The quantitative estimate of drug-likeness (QED) is 0.861. The van der Waals surface area contributed by atoms with Gasteiger partial charge in [0.25, 0.3) is 10.0 Å². The molecule has 0 radical (unpaired) electrons. The van der Waals surface area contributed by atoms with Gasteiger partial charge in [-0.1, -0.05) is 20.8 Å². The molecule has 1 rings (SSSR count). The predicted octanol–water partition coefficient (Wildman–Crippen LogP) is 1.48. The smallest absolute Gasteiger partial charge is 0.232 e. The standard InChI is InChI=1S/C8H14N2O2S2/c1-4-8(2,3)6-5-10-7(13-6)14(9,11)12/h5H,4H2,1-3H3,(H2,9,11,12). The van der Waals surface area contributed by atoms with Gasteiger partial charge >= 0.3 is 0 Å². The number of primary sulfonamides is 1. The van der Waals surface area contributed by atoms with Crippen LogP contribution in [0.2, 0.25) is 0 Å². The summed E-state index contributed by atoms with van der Waals surface area (Å²) >= 11 is 1.15. The minimum Gasteiger partial charge on any atom is -0.232 e. The number of rotatable bonds is 3. The van der Waals surface area contributed by atoms with Crippen LogP contribution < -0.4 is 5.14 Å². The van der Waals surface area contributed by atoms with E-state index >= 15 is 0 Å². The maximum Gasteiger partial charge on any atom is 0.265 e. The van der Waals surface area contributed by atoms with E-state index in [4.69, 9.17) is 5.14 Å². The van der Waals surface area contributed by atoms with Gasteiger partial charge in [-0.25, -0.2) is 18.5 Å². The fraction of sp³-hybridized carbons (Fsp3) is 0.625. The Hall–Kier alpha value is -0.460. The first-order valence-electron chi connectivity index (χ1n) is 4.26. The predicted molar refractivity (Wildman–Crippen MR) is 56.8 cm³/mol. The lowest BCUT2D eigenvalue weighted by molar-refractivity contribution is 0.516. The molecule has 2 N–H and O–H groups in total. The highest BCUT2D eigenvalue weighted by Crippen LogP contribution is 2.32. The summed E-state index contributed by atoms with van der Waals surface area (Å²) in [5.74, 6) is 0. The molecule has 0 aliphatic carbocycles. The maximum atomic E-state index is 11.0. The molecule has 14 heavy (non-hydrogen) atoms. The second kappa shape index (κ2) is 3.60. The average molecular weight is 234 g/mol. The zero-order valence-electron chi connectivity index (χ0n) is 8.44. The number of hydrogen-bond donors (Lipinski definition) is 1. The molecule has 0 aliphatic rings. The van der Waals surface area contributed by atoms with Crippen LogP contribution in [0.25, 0.3) is 0 Å². The Bertz CT molecular complexity index is 420. The van der Waals surface area contributed by atoms with Crippen LogP contribution >= 0.6 is 11.3 Å². The maximum absolute atomic E-state index is 11.0. The van der Waals surface area contributed by atoms with Gasteiger partial charge in [-0.05, 0) is 6.42 Å². The molecule has 0 unspecified atom stereocenters. The number of thiazole rings is 1. The highest BCUT2D eigenvalue weighted by Gasteiger charge is 2.23. The van der Waals surface area contributed by atoms with Crippen LogP contribution in [0.3, 0.4) is 0 Å². The fourth-order valence-corrected chi connectivity index (χ4v) is 2.63. The Balaban J connectivity index is 3.13. The summed E-state index contributed by atoms with van der Waals surface area (Å²) in [5, 5.41) is 4.97. The molecule has 1 heterocycles. The minimum absolute atomic E-state index is 0.00553. The third kappa shape index (κ3) is 2.31. The zero-order chi connectivity index (χ0) is 11.0. The highest BCUT2D eigenvalue weighted by atomic mass is 32.2. The van der Waals surface area contributed by atoms with Crippen LogP contribution in [0, 0.1) is 0 Å². The van der Waals surface area contributed by atoms with Gasteiger partial charge in [0.2, 0.25) is 4.34 Å². The summed E-state index contributed by atoms with van der Waals surface area (Å²) in [6, 6.07) is 0. The van der Waals surface area contributed by atoms with E-state index in [0.717, 1.165) is 22.6 Å². The van der Waals surface area contributed by atoms with Crippen LogP contribution in [0.1, 0.15) is 32.1 Å². The van der Waals surface area contributed by atoms with Gasteiger partial charge in [-0.3, -0.25) is 0 Å². The van der Waals surface area contributed by atoms with Gasteiger partial charge in [-0.15, -0.1) is 11.3 Å². The lowest BCUT2D eigenvalue weighted by Crippen LogP contribution is -2.13. The molecule has 1 aromatic heterocycles. The Kier molecular flexibility index (Phi) is 2.99. The Morgan fingerprint density at radius 3 is 2.50 bits per heavy atom. The van der Waals surface area contributed by atoms with Gasteiger partial charge in [-0.2, -0.15) is 0 Å². The first-order valence-corrected chi connectivity index (χ1v) is 6.63. The Labute approximate surface area is 88.2 Å². The molecule has 0 bridgehead atoms.